The Bertz CT molecular complexity index is 337. The third kappa shape index (κ3) is 2.45. The standard InChI is InChI=1S/C9H12BrN3O2/c10-8-3-9(12-6-11-8)13-1-2-15-5-7(13)4-14/h3,6-7,14H,1-2,4-5H2. The van der Waals surface area contributed by atoms with Gasteiger partial charge in [0.05, 0.1) is 25.9 Å². The maximum Gasteiger partial charge on any atom is 0.133 e. The Morgan fingerprint density at radius 1 is 1.60 bits per heavy atom. The number of nitrogens with zero attached hydrogens (tertiary/aromatic N) is 3. The zero-order chi connectivity index (χ0) is 10.7. The van der Waals surface area contributed by atoms with E-state index in [4.69, 9.17) is 4.74 Å². The number of hydrogen-bond donors (Lipinski definition) is 1. The molecule has 1 fully saturated rings. The average Bonchev–Trinajstić information content (AvgIpc) is 2.29. The smallest absolute Gasteiger partial charge is 0.133 e. The molecule has 0 radical (unpaired) electrons. The van der Waals surface area contributed by atoms with E-state index in [1.54, 1.807) is 0 Å². The third-order valence-corrected chi connectivity index (χ3v) is 2.79. The molecule has 0 saturated carbocycles. The zero-order valence-electron chi connectivity index (χ0n) is 8.14. The quantitative estimate of drug-likeness (QED) is 0.793. The molecule has 5 nitrogen and oxygen atoms in total. The lowest BCUT2D eigenvalue weighted by Crippen LogP contribution is -2.48. The van der Waals surface area contributed by atoms with Gasteiger partial charge in [0.15, 0.2) is 0 Å². The first kappa shape index (κ1) is 10.8. The van der Waals surface area contributed by atoms with Gasteiger partial charge in [-0.1, -0.05) is 0 Å². The van der Waals surface area contributed by atoms with E-state index in [0.717, 1.165) is 17.0 Å². The number of aliphatic hydroxyl groups is 1. The van der Waals surface area contributed by atoms with Gasteiger partial charge in [-0.25, -0.2) is 9.97 Å². The van der Waals surface area contributed by atoms with Gasteiger partial charge >= 0.3 is 0 Å². The van der Waals surface area contributed by atoms with Crippen LogP contribution >= 0.6 is 15.9 Å². The molecule has 0 spiro atoms. The van der Waals surface area contributed by atoms with Gasteiger partial charge in [-0.2, -0.15) is 0 Å². The highest BCUT2D eigenvalue weighted by molar-refractivity contribution is 9.10. The van der Waals surface area contributed by atoms with Crippen molar-refractivity contribution in [2.24, 2.45) is 0 Å². The fraction of sp³-hybridized carbons (Fsp3) is 0.556. The highest BCUT2D eigenvalue weighted by Crippen LogP contribution is 2.19. The Morgan fingerprint density at radius 2 is 2.47 bits per heavy atom. The van der Waals surface area contributed by atoms with Gasteiger partial charge in [0, 0.05) is 12.6 Å². The fourth-order valence-corrected chi connectivity index (χ4v) is 1.89. The van der Waals surface area contributed by atoms with E-state index in [9.17, 15) is 5.11 Å². The summed E-state index contributed by atoms with van der Waals surface area (Å²) in [4.78, 5) is 10.2. The van der Waals surface area contributed by atoms with Crippen LogP contribution in [0.25, 0.3) is 0 Å². The number of aliphatic hydroxyl groups excluding tert-OH is 1. The van der Waals surface area contributed by atoms with Crippen LogP contribution in [-0.4, -0.2) is 47.5 Å². The van der Waals surface area contributed by atoms with Crippen LogP contribution < -0.4 is 4.90 Å². The van der Waals surface area contributed by atoms with E-state index < -0.39 is 0 Å². The van der Waals surface area contributed by atoms with E-state index in [0.29, 0.717) is 13.2 Å². The van der Waals surface area contributed by atoms with Gasteiger partial charge in [0.2, 0.25) is 0 Å². The van der Waals surface area contributed by atoms with Crippen LogP contribution in [0.5, 0.6) is 0 Å². The highest BCUT2D eigenvalue weighted by Gasteiger charge is 2.23. The maximum atomic E-state index is 9.22. The Morgan fingerprint density at radius 3 is 3.20 bits per heavy atom. The van der Waals surface area contributed by atoms with Crippen molar-refractivity contribution in [2.45, 2.75) is 6.04 Å². The minimum atomic E-state index is -0.0134. The number of rotatable bonds is 2. The van der Waals surface area contributed by atoms with Crippen molar-refractivity contribution >= 4 is 21.7 Å². The van der Waals surface area contributed by atoms with Gasteiger partial charge in [0.1, 0.15) is 16.7 Å². The number of ether oxygens (including phenoxy) is 1. The van der Waals surface area contributed by atoms with Crippen molar-refractivity contribution in [3.8, 4) is 0 Å². The van der Waals surface area contributed by atoms with Gasteiger partial charge < -0.3 is 14.7 Å². The molecule has 1 atom stereocenters. The summed E-state index contributed by atoms with van der Waals surface area (Å²) in [7, 11) is 0. The molecule has 1 saturated heterocycles. The molecule has 1 N–H and O–H groups in total. The summed E-state index contributed by atoms with van der Waals surface area (Å²) in [6.45, 7) is 2.02. The Labute approximate surface area is 96.2 Å². The van der Waals surface area contributed by atoms with Crippen molar-refractivity contribution in [2.75, 3.05) is 31.3 Å². The van der Waals surface area contributed by atoms with Gasteiger partial charge in [0.25, 0.3) is 0 Å². The SMILES string of the molecule is OCC1COCCN1c1cc(Br)ncn1. The summed E-state index contributed by atoms with van der Waals surface area (Å²) in [5, 5.41) is 9.22. The lowest BCUT2D eigenvalue weighted by molar-refractivity contribution is 0.0722. The molecule has 2 heterocycles. The van der Waals surface area contributed by atoms with Gasteiger partial charge in [-0.3, -0.25) is 0 Å². The van der Waals surface area contributed by atoms with E-state index in [-0.39, 0.29) is 12.6 Å². The molecule has 6 heteroatoms. The van der Waals surface area contributed by atoms with Crippen LogP contribution in [0.2, 0.25) is 0 Å². The zero-order valence-corrected chi connectivity index (χ0v) is 9.72. The molecule has 82 valence electrons. The van der Waals surface area contributed by atoms with Crippen LogP contribution in [-0.2, 0) is 4.74 Å². The highest BCUT2D eigenvalue weighted by atomic mass is 79.9. The Kier molecular flexibility index (Phi) is 3.50. The number of halogens is 1. The first-order chi connectivity index (χ1) is 7.31. The van der Waals surface area contributed by atoms with Crippen LogP contribution in [0, 0.1) is 0 Å². The van der Waals surface area contributed by atoms with Gasteiger partial charge in [-0.05, 0) is 15.9 Å². The average molecular weight is 274 g/mol. The molecule has 0 amide bonds. The minimum absolute atomic E-state index is 0.0134. The number of morpholine rings is 1. The second-order valence-electron chi connectivity index (χ2n) is 3.30. The molecule has 1 unspecified atom stereocenters. The second kappa shape index (κ2) is 4.87. The molecule has 0 aromatic carbocycles. The summed E-state index contributed by atoms with van der Waals surface area (Å²) in [6, 6.07) is 1.83. The summed E-state index contributed by atoms with van der Waals surface area (Å²) >= 11 is 3.30. The van der Waals surface area contributed by atoms with Crippen molar-refractivity contribution in [1.29, 1.82) is 0 Å². The molecule has 0 aliphatic carbocycles. The van der Waals surface area contributed by atoms with E-state index in [2.05, 4.69) is 25.9 Å². The number of aromatic nitrogens is 2. The molecule has 15 heavy (non-hydrogen) atoms. The maximum absolute atomic E-state index is 9.22. The summed E-state index contributed by atoms with van der Waals surface area (Å²) < 4.78 is 6.04. The third-order valence-electron chi connectivity index (χ3n) is 2.35. The Balaban J connectivity index is 2.20. The van der Waals surface area contributed by atoms with Crippen LogP contribution in [0.1, 0.15) is 0 Å². The summed E-state index contributed by atoms with van der Waals surface area (Å²) in [5.74, 6) is 0.819. The van der Waals surface area contributed by atoms with Crippen molar-refractivity contribution in [3.63, 3.8) is 0 Å². The van der Waals surface area contributed by atoms with Crippen LogP contribution in [0.3, 0.4) is 0 Å². The molecule has 1 aliphatic rings. The van der Waals surface area contributed by atoms with E-state index in [1.807, 2.05) is 11.0 Å². The molecule has 1 aromatic heterocycles. The molecule has 0 bridgehead atoms. The van der Waals surface area contributed by atoms with Crippen molar-refractivity contribution < 1.29 is 9.84 Å². The van der Waals surface area contributed by atoms with Crippen LogP contribution in [0.15, 0.2) is 17.0 Å². The first-order valence-corrected chi connectivity index (χ1v) is 5.53. The normalized spacial score (nSPS) is 21.7. The molecule has 1 aliphatic heterocycles. The molecular weight excluding hydrogens is 262 g/mol. The minimum Gasteiger partial charge on any atom is -0.394 e. The largest absolute Gasteiger partial charge is 0.394 e. The van der Waals surface area contributed by atoms with E-state index >= 15 is 0 Å². The van der Waals surface area contributed by atoms with Gasteiger partial charge in [-0.15, -0.1) is 0 Å². The number of hydrogen-bond acceptors (Lipinski definition) is 5. The summed E-state index contributed by atoms with van der Waals surface area (Å²) in [6.07, 6.45) is 1.50. The lowest BCUT2D eigenvalue weighted by atomic mass is 10.2. The fourth-order valence-electron chi connectivity index (χ4n) is 1.59. The first-order valence-electron chi connectivity index (χ1n) is 4.74. The van der Waals surface area contributed by atoms with E-state index in [1.165, 1.54) is 6.33 Å². The van der Waals surface area contributed by atoms with Crippen molar-refractivity contribution in [1.82, 2.24) is 9.97 Å². The number of anilines is 1. The summed E-state index contributed by atoms with van der Waals surface area (Å²) in [5.41, 5.74) is 0. The lowest BCUT2D eigenvalue weighted by Gasteiger charge is -2.35. The van der Waals surface area contributed by atoms with Crippen LogP contribution in [0.4, 0.5) is 5.82 Å². The molecule has 2 rings (SSSR count). The predicted molar refractivity (Wildman–Crippen MR) is 58.8 cm³/mol. The molecule has 1 aromatic rings. The monoisotopic (exact) mass is 273 g/mol. The Hall–Kier alpha value is -0.720. The van der Waals surface area contributed by atoms with Crippen molar-refractivity contribution in [3.05, 3.63) is 17.0 Å². The molecular formula is C9H12BrN3O2. The second-order valence-corrected chi connectivity index (χ2v) is 4.12. The topological polar surface area (TPSA) is 58.5 Å². The predicted octanol–water partition coefficient (Wildman–Crippen LogP) is 0.437.